The van der Waals surface area contributed by atoms with E-state index in [2.05, 4.69) is 22.9 Å². The lowest BCUT2D eigenvalue weighted by atomic mass is 9.47. The summed E-state index contributed by atoms with van der Waals surface area (Å²) in [6, 6.07) is 0. The van der Waals surface area contributed by atoms with Crippen molar-refractivity contribution in [2.24, 2.45) is 28.6 Å². The van der Waals surface area contributed by atoms with Gasteiger partial charge in [0.25, 0.3) is 0 Å². The number of Topliss-reactive ketones (excluding diaryl/α,β-unsaturated/α-hetero) is 1. The second kappa shape index (κ2) is 5.40. The Morgan fingerprint density at radius 3 is 2.65 bits per heavy atom. The summed E-state index contributed by atoms with van der Waals surface area (Å²) >= 11 is 3.86. The molecule has 0 bridgehead atoms. The van der Waals surface area contributed by atoms with Crippen molar-refractivity contribution in [3.63, 3.8) is 0 Å². The van der Waals surface area contributed by atoms with Gasteiger partial charge in [0.05, 0.1) is 5.41 Å². The molecular weight excluding hydrogens is 356 g/mol. The summed E-state index contributed by atoms with van der Waals surface area (Å²) in [7, 11) is 0. The van der Waals surface area contributed by atoms with E-state index in [0.29, 0.717) is 24.7 Å². The highest BCUT2D eigenvalue weighted by Gasteiger charge is 2.63. The Bertz CT molecular complexity index is 569. The van der Waals surface area contributed by atoms with Crippen LogP contribution in [0.1, 0.15) is 64.7 Å². The van der Waals surface area contributed by atoms with Gasteiger partial charge >= 0.3 is 0 Å². The molecule has 0 radical (unpaired) electrons. The van der Waals surface area contributed by atoms with Crippen LogP contribution in [0.2, 0.25) is 0 Å². The Labute approximate surface area is 146 Å². The molecule has 0 heterocycles. The number of rotatable bonds is 1. The van der Waals surface area contributed by atoms with E-state index < -0.39 is 11.7 Å². The van der Waals surface area contributed by atoms with Crippen molar-refractivity contribution in [2.45, 2.75) is 71.0 Å². The summed E-state index contributed by atoms with van der Waals surface area (Å²) in [5, 5.41) is 20.1. The summed E-state index contributed by atoms with van der Waals surface area (Å²) in [4.78, 5) is 12.5. The van der Waals surface area contributed by atoms with E-state index in [0.717, 1.165) is 19.3 Å². The minimum atomic E-state index is -1.49. The van der Waals surface area contributed by atoms with Gasteiger partial charge in [0.2, 0.25) is 0 Å². The van der Waals surface area contributed by atoms with E-state index in [-0.39, 0.29) is 17.1 Å². The fourth-order valence-electron chi connectivity index (χ4n) is 6.75. The van der Waals surface area contributed by atoms with E-state index in [1.165, 1.54) is 30.2 Å². The van der Waals surface area contributed by atoms with Gasteiger partial charge < -0.3 is 10.2 Å². The molecule has 3 saturated carbocycles. The van der Waals surface area contributed by atoms with Gasteiger partial charge in [0, 0.05) is 6.42 Å². The average Bonchev–Trinajstić information content (AvgIpc) is 2.86. The van der Waals surface area contributed by atoms with E-state index in [4.69, 9.17) is 0 Å². The maximum atomic E-state index is 12.5. The summed E-state index contributed by atoms with van der Waals surface area (Å²) in [5.74, 6) is 1.25. The van der Waals surface area contributed by atoms with Crippen LogP contribution in [-0.2, 0) is 4.79 Å². The van der Waals surface area contributed by atoms with Crippen molar-refractivity contribution in [1.82, 2.24) is 0 Å². The zero-order valence-electron chi connectivity index (χ0n) is 13.9. The van der Waals surface area contributed by atoms with Crippen molar-refractivity contribution in [3.8, 4) is 0 Å². The third-order valence-electron chi connectivity index (χ3n) is 7.85. The first-order valence-electron chi connectivity index (χ1n) is 9.18. The fourth-order valence-corrected chi connectivity index (χ4v) is 7.77. The third-order valence-corrected chi connectivity index (χ3v) is 8.65. The number of aliphatic hydroxyl groups excluding tert-OH is 1. The van der Waals surface area contributed by atoms with Crippen molar-refractivity contribution >= 4 is 21.7 Å². The summed E-state index contributed by atoms with van der Waals surface area (Å²) in [6.45, 7) is 2.43. The van der Waals surface area contributed by atoms with E-state index in [1.807, 2.05) is 0 Å². The normalized spacial score (nSPS) is 46.7. The second-order valence-electron chi connectivity index (χ2n) is 8.50. The number of carbonyl (C=O) groups is 1. The Hall–Kier alpha value is -0.190. The molecule has 23 heavy (non-hydrogen) atoms. The van der Waals surface area contributed by atoms with Crippen LogP contribution in [0.4, 0.5) is 0 Å². The zero-order valence-corrected chi connectivity index (χ0v) is 15.4. The van der Waals surface area contributed by atoms with Crippen LogP contribution in [0.25, 0.3) is 0 Å². The van der Waals surface area contributed by atoms with Crippen LogP contribution in [0.5, 0.6) is 0 Å². The molecule has 0 aromatic carbocycles. The van der Waals surface area contributed by atoms with Crippen molar-refractivity contribution < 1.29 is 15.0 Å². The van der Waals surface area contributed by atoms with Gasteiger partial charge in [-0.2, -0.15) is 0 Å². The average molecular weight is 383 g/mol. The monoisotopic (exact) mass is 382 g/mol. The maximum absolute atomic E-state index is 12.5. The number of fused-ring (bicyclic) bond motifs is 5. The molecule has 2 N–H and O–H groups in total. The minimum absolute atomic E-state index is 0.0932. The number of carbonyl (C=O) groups excluding carboxylic acids is 1. The predicted octanol–water partition coefficient (Wildman–Crippen LogP) is 3.92. The Kier molecular flexibility index (Phi) is 3.83. The van der Waals surface area contributed by atoms with Crippen molar-refractivity contribution in [3.05, 3.63) is 10.1 Å². The molecule has 0 aliphatic heterocycles. The molecule has 0 unspecified atom stereocenters. The number of hydrogen-bond acceptors (Lipinski definition) is 3. The van der Waals surface area contributed by atoms with Gasteiger partial charge in [-0.15, -0.1) is 0 Å². The molecule has 4 rings (SSSR count). The topological polar surface area (TPSA) is 57.5 Å². The van der Waals surface area contributed by atoms with E-state index >= 15 is 0 Å². The van der Waals surface area contributed by atoms with Crippen LogP contribution in [0.3, 0.4) is 0 Å². The predicted molar refractivity (Wildman–Crippen MR) is 91.7 cm³/mol. The molecular formula is C19H27BrO3. The van der Waals surface area contributed by atoms with Crippen LogP contribution in [-0.4, -0.2) is 22.3 Å². The quantitative estimate of drug-likeness (QED) is 0.675. The van der Waals surface area contributed by atoms with Crippen LogP contribution in [0, 0.1) is 28.6 Å². The number of halogens is 1. The largest absolute Gasteiger partial charge is 0.367 e. The number of hydrogen-bond donors (Lipinski definition) is 2. The molecule has 0 aromatic heterocycles. The summed E-state index contributed by atoms with van der Waals surface area (Å²) < 4.78 is 1.35. The molecule has 128 valence electrons. The highest BCUT2D eigenvalue weighted by molar-refractivity contribution is 9.11. The van der Waals surface area contributed by atoms with Crippen LogP contribution < -0.4 is 0 Å². The number of aliphatic hydroxyl groups is 2. The molecule has 3 fully saturated rings. The first kappa shape index (κ1) is 16.3. The maximum Gasteiger partial charge on any atom is 0.164 e. The van der Waals surface area contributed by atoms with Gasteiger partial charge in [-0.3, -0.25) is 4.79 Å². The first-order chi connectivity index (χ1) is 10.9. The van der Waals surface area contributed by atoms with Gasteiger partial charge in [0.15, 0.2) is 6.29 Å². The Balaban J connectivity index is 1.76. The van der Waals surface area contributed by atoms with Gasteiger partial charge in [-0.1, -0.05) is 34.8 Å². The molecule has 0 spiro atoms. The summed E-state index contributed by atoms with van der Waals surface area (Å²) in [5.41, 5.74) is 0.987. The third kappa shape index (κ3) is 2.04. The van der Waals surface area contributed by atoms with Gasteiger partial charge in [-0.25, -0.2) is 0 Å². The van der Waals surface area contributed by atoms with Gasteiger partial charge in [0.1, 0.15) is 5.78 Å². The van der Waals surface area contributed by atoms with Crippen LogP contribution >= 0.6 is 15.9 Å². The molecule has 4 aliphatic rings. The molecule has 0 saturated heterocycles. The first-order valence-corrected chi connectivity index (χ1v) is 9.98. The Morgan fingerprint density at radius 2 is 1.91 bits per heavy atom. The SMILES string of the molecule is C[C@]12CCCCC1=C(Br)C[C@@H]1[C@@H]2CC[C@]2(C(O)O)C(=O)CC[C@@H]12. The lowest BCUT2D eigenvalue weighted by Crippen LogP contribution is -2.55. The van der Waals surface area contributed by atoms with Crippen molar-refractivity contribution in [2.75, 3.05) is 0 Å². The minimum Gasteiger partial charge on any atom is -0.367 e. The highest BCUT2D eigenvalue weighted by Crippen LogP contribution is 2.66. The smallest absolute Gasteiger partial charge is 0.164 e. The molecule has 4 heteroatoms. The fraction of sp³-hybridized carbons (Fsp3) is 0.842. The number of allylic oxidation sites excluding steroid dienone is 2. The lowest BCUT2D eigenvalue weighted by Gasteiger charge is -2.57. The Morgan fingerprint density at radius 1 is 1.13 bits per heavy atom. The van der Waals surface area contributed by atoms with Crippen LogP contribution in [0.15, 0.2) is 10.1 Å². The summed E-state index contributed by atoms with van der Waals surface area (Å²) in [6.07, 6.45) is 7.51. The van der Waals surface area contributed by atoms with E-state index in [9.17, 15) is 15.0 Å². The molecule has 3 nitrogen and oxygen atoms in total. The number of ketones is 1. The molecule has 0 amide bonds. The molecule has 4 aliphatic carbocycles. The highest BCUT2D eigenvalue weighted by atomic mass is 79.9. The molecule has 5 atom stereocenters. The van der Waals surface area contributed by atoms with Crippen molar-refractivity contribution in [1.29, 1.82) is 0 Å². The second-order valence-corrected chi connectivity index (χ2v) is 9.46. The van der Waals surface area contributed by atoms with E-state index in [1.54, 1.807) is 5.57 Å². The lowest BCUT2D eigenvalue weighted by molar-refractivity contribution is -0.189. The zero-order chi connectivity index (χ0) is 16.4. The molecule has 0 aromatic rings. The van der Waals surface area contributed by atoms with Gasteiger partial charge in [-0.05, 0) is 72.6 Å². The standard InChI is InChI=1S/C19H27BrO3/c1-18-8-3-2-4-14(18)15(20)10-11-12(18)7-9-19(17(22)23)13(11)5-6-16(19)21/h11-13,17,22-23H,2-10H2,1H3/t11-,12+,13+,18-,19-/m1/s1.